The molecule has 0 saturated heterocycles. The van der Waals surface area contributed by atoms with Crippen molar-refractivity contribution in [2.24, 2.45) is 5.92 Å². The number of rotatable bonds is 8. The number of fused-ring (bicyclic) bond motifs is 1. The number of carbonyl (C=O) groups excluding carboxylic acids is 1. The fourth-order valence-corrected chi connectivity index (χ4v) is 5.20. The Morgan fingerprint density at radius 2 is 1.75 bits per heavy atom. The second kappa shape index (κ2) is 10.9. The maximum atomic E-state index is 15.8. The van der Waals surface area contributed by atoms with E-state index in [1.165, 1.54) is 0 Å². The van der Waals surface area contributed by atoms with Gasteiger partial charge in [-0.05, 0) is 96.8 Å². The third-order valence-corrected chi connectivity index (χ3v) is 7.06. The number of hydrogen-bond acceptors (Lipinski definition) is 1. The molecule has 3 nitrogen and oxygen atoms in total. The van der Waals surface area contributed by atoms with Gasteiger partial charge < -0.3 is 9.88 Å². The van der Waals surface area contributed by atoms with Gasteiger partial charge in [-0.1, -0.05) is 50.6 Å². The monoisotopic (exact) mass is 504 g/mol. The molecule has 0 bridgehead atoms. The van der Waals surface area contributed by atoms with E-state index in [0.29, 0.717) is 28.6 Å². The summed E-state index contributed by atoms with van der Waals surface area (Å²) in [5.41, 5.74) is 6.24. The van der Waals surface area contributed by atoms with Crippen molar-refractivity contribution >= 4 is 28.4 Å². The van der Waals surface area contributed by atoms with E-state index in [1.54, 1.807) is 6.07 Å². The average Bonchev–Trinajstić information content (AvgIpc) is 3.29. The van der Waals surface area contributed by atoms with Crippen LogP contribution in [0.5, 0.6) is 0 Å². The van der Waals surface area contributed by atoms with Crippen molar-refractivity contribution in [3.63, 3.8) is 0 Å². The van der Waals surface area contributed by atoms with E-state index in [4.69, 9.17) is 11.6 Å². The van der Waals surface area contributed by atoms with Crippen molar-refractivity contribution in [2.45, 2.75) is 53.5 Å². The SMILES string of the molecule is CCCNC(=O)c1ccc(C(CC(C)C)n2ccc3c(C)c(-c4ccc(Cl)cc4C)cc(F)c32)cc1. The molecule has 0 saturated carbocycles. The predicted octanol–water partition coefficient (Wildman–Crippen LogP) is 8.49. The highest BCUT2D eigenvalue weighted by Gasteiger charge is 2.22. The molecule has 1 N–H and O–H groups in total. The van der Waals surface area contributed by atoms with Crippen molar-refractivity contribution < 1.29 is 9.18 Å². The van der Waals surface area contributed by atoms with Crippen LogP contribution in [-0.2, 0) is 0 Å². The number of hydrogen-bond donors (Lipinski definition) is 1. The largest absolute Gasteiger partial charge is 0.352 e. The fraction of sp³-hybridized carbons (Fsp3) is 0.323. The lowest BCUT2D eigenvalue weighted by Gasteiger charge is -2.24. The molecule has 1 unspecified atom stereocenters. The van der Waals surface area contributed by atoms with Gasteiger partial charge in [-0.25, -0.2) is 4.39 Å². The molecule has 0 spiro atoms. The summed E-state index contributed by atoms with van der Waals surface area (Å²) >= 11 is 6.16. The predicted molar refractivity (Wildman–Crippen MR) is 148 cm³/mol. The smallest absolute Gasteiger partial charge is 0.251 e. The summed E-state index contributed by atoms with van der Waals surface area (Å²) in [7, 11) is 0. The second-order valence-corrected chi connectivity index (χ2v) is 10.4. The van der Waals surface area contributed by atoms with Gasteiger partial charge in [0.05, 0.1) is 11.6 Å². The number of nitrogens with one attached hydrogen (secondary N) is 1. The zero-order chi connectivity index (χ0) is 26.0. The van der Waals surface area contributed by atoms with Gasteiger partial charge in [-0.15, -0.1) is 0 Å². The van der Waals surface area contributed by atoms with Gasteiger partial charge in [0.15, 0.2) is 0 Å². The Morgan fingerprint density at radius 3 is 2.39 bits per heavy atom. The number of benzene rings is 3. The highest BCUT2D eigenvalue weighted by Crippen LogP contribution is 2.38. The van der Waals surface area contributed by atoms with Crippen molar-refractivity contribution in [3.8, 4) is 11.1 Å². The zero-order valence-corrected chi connectivity index (χ0v) is 22.4. The molecule has 0 aliphatic carbocycles. The molecule has 3 aromatic carbocycles. The van der Waals surface area contributed by atoms with Crippen LogP contribution in [0.4, 0.5) is 4.39 Å². The first-order valence-corrected chi connectivity index (χ1v) is 13.0. The van der Waals surface area contributed by atoms with Gasteiger partial charge in [0.25, 0.3) is 5.91 Å². The molecule has 1 heterocycles. The van der Waals surface area contributed by atoms with E-state index >= 15 is 4.39 Å². The lowest BCUT2D eigenvalue weighted by atomic mass is 9.93. The molecule has 188 valence electrons. The Bertz CT molecular complexity index is 1390. The second-order valence-electron chi connectivity index (χ2n) is 10.00. The number of carbonyl (C=O) groups is 1. The highest BCUT2D eigenvalue weighted by molar-refractivity contribution is 6.30. The molecule has 1 atom stereocenters. The van der Waals surface area contributed by atoms with Crippen LogP contribution >= 0.6 is 11.6 Å². The number of halogens is 2. The fourth-order valence-electron chi connectivity index (χ4n) is 4.97. The Balaban J connectivity index is 1.78. The lowest BCUT2D eigenvalue weighted by molar-refractivity contribution is 0.0953. The average molecular weight is 505 g/mol. The van der Waals surface area contributed by atoms with E-state index in [9.17, 15) is 4.79 Å². The topological polar surface area (TPSA) is 34.0 Å². The summed E-state index contributed by atoms with van der Waals surface area (Å²) < 4.78 is 17.9. The van der Waals surface area contributed by atoms with Crippen LogP contribution in [0, 0.1) is 25.6 Å². The van der Waals surface area contributed by atoms with Gasteiger partial charge in [-0.3, -0.25) is 4.79 Å². The quantitative estimate of drug-likeness (QED) is 0.256. The van der Waals surface area contributed by atoms with Crippen LogP contribution in [0.3, 0.4) is 0 Å². The molecule has 1 aromatic heterocycles. The van der Waals surface area contributed by atoms with Crippen molar-refractivity contribution in [2.75, 3.05) is 6.54 Å². The molecule has 1 amide bonds. The van der Waals surface area contributed by atoms with Gasteiger partial charge in [0.1, 0.15) is 5.82 Å². The number of amides is 1. The molecule has 0 aliphatic rings. The number of aromatic nitrogens is 1. The van der Waals surface area contributed by atoms with Gasteiger partial charge in [0.2, 0.25) is 0 Å². The van der Waals surface area contributed by atoms with Crippen LogP contribution in [0.15, 0.2) is 60.8 Å². The first-order valence-electron chi connectivity index (χ1n) is 12.7. The summed E-state index contributed by atoms with van der Waals surface area (Å²) in [5, 5.41) is 4.50. The third-order valence-electron chi connectivity index (χ3n) is 6.82. The van der Waals surface area contributed by atoms with E-state index < -0.39 is 0 Å². The third kappa shape index (κ3) is 5.19. The Kier molecular flexibility index (Phi) is 7.85. The maximum Gasteiger partial charge on any atom is 0.251 e. The number of aryl methyl sites for hydroxylation is 2. The Morgan fingerprint density at radius 1 is 1.03 bits per heavy atom. The Labute approximate surface area is 218 Å². The Hall–Kier alpha value is -3.11. The molecule has 0 aliphatic heterocycles. The minimum Gasteiger partial charge on any atom is -0.352 e. The molecule has 0 fully saturated rings. The van der Waals surface area contributed by atoms with Gasteiger partial charge in [-0.2, -0.15) is 0 Å². The maximum absolute atomic E-state index is 15.8. The summed E-state index contributed by atoms with van der Waals surface area (Å²) in [6.45, 7) is 11.1. The normalized spacial score (nSPS) is 12.3. The number of nitrogens with zero attached hydrogens (tertiary/aromatic N) is 1. The summed E-state index contributed by atoms with van der Waals surface area (Å²) in [6.07, 6.45) is 3.74. The molecule has 0 radical (unpaired) electrons. The van der Waals surface area contributed by atoms with Gasteiger partial charge >= 0.3 is 0 Å². The first-order chi connectivity index (χ1) is 17.2. The molecule has 36 heavy (non-hydrogen) atoms. The summed E-state index contributed by atoms with van der Waals surface area (Å²) in [4.78, 5) is 12.4. The minimum atomic E-state index is -0.241. The molecular formula is C31H34ClFN2O. The van der Waals surface area contributed by atoms with E-state index in [1.807, 2.05) is 68.6 Å². The molecular weight excluding hydrogens is 471 g/mol. The van der Waals surface area contributed by atoms with Gasteiger partial charge in [0, 0.05) is 28.7 Å². The molecule has 4 rings (SSSR count). The van der Waals surface area contributed by atoms with Crippen molar-refractivity contribution in [3.05, 3.63) is 93.9 Å². The lowest BCUT2D eigenvalue weighted by Crippen LogP contribution is -2.24. The van der Waals surface area contributed by atoms with E-state index in [0.717, 1.165) is 46.0 Å². The minimum absolute atomic E-state index is 0.0488. The van der Waals surface area contributed by atoms with Crippen LogP contribution in [-0.4, -0.2) is 17.0 Å². The van der Waals surface area contributed by atoms with Crippen LogP contribution < -0.4 is 5.32 Å². The zero-order valence-electron chi connectivity index (χ0n) is 21.7. The van der Waals surface area contributed by atoms with Crippen molar-refractivity contribution in [1.29, 1.82) is 0 Å². The van der Waals surface area contributed by atoms with E-state index in [2.05, 4.69) is 30.7 Å². The van der Waals surface area contributed by atoms with Crippen LogP contribution in [0.25, 0.3) is 22.0 Å². The molecule has 4 aromatic rings. The highest BCUT2D eigenvalue weighted by atomic mass is 35.5. The standard InChI is InChI=1S/C31H34ClFN2O/c1-6-14-34-31(36)23-9-7-22(8-10-23)29(16-19(2)3)35-15-13-26-21(5)27(18-28(33)30(26)35)25-12-11-24(32)17-20(25)4/h7-13,15,17-19,29H,6,14,16H2,1-5H3,(H,34,36). The molecule has 5 heteroatoms. The summed E-state index contributed by atoms with van der Waals surface area (Å²) in [5.74, 6) is 0.0938. The van der Waals surface area contributed by atoms with E-state index in [-0.39, 0.29) is 17.8 Å². The van der Waals surface area contributed by atoms with Crippen molar-refractivity contribution in [1.82, 2.24) is 9.88 Å². The summed E-state index contributed by atoms with van der Waals surface area (Å²) in [6, 6.07) is 17.1. The first kappa shape index (κ1) is 26.0. The van der Waals surface area contributed by atoms with Crippen LogP contribution in [0.1, 0.15) is 66.7 Å². The van der Waals surface area contributed by atoms with Crippen LogP contribution in [0.2, 0.25) is 5.02 Å².